The van der Waals surface area contributed by atoms with Gasteiger partial charge < -0.3 is 10.3 Å². The maximum Gasteiger partial charge on any atom is 0.250 e. The highest BCUT2D eigenvalue weighted by molar-refractivity contribution is 7.91. The fourth-order valence-electron chi connectivity index (χ4n) is 1.37. The molecule has 9 heteroatoms. The summed E-state index contributed by atoms with van der Waals surface area (Å²) in [4.78, 5) is 0. The van der Waals surface area contributed by atoms with E-state index in [0.717, 1.165) is 17.2 Å². The van der Waals surface area contributed by atoms with Crippen LogP contribution in [0.3, 0.4) is 0 Å². The van der Waals surface area contributed by atoms with E-state index in [2.05, 4.69) is 14.9 Å². The fraction of sp³-hybridized carbons (Fsp3) is 0.333. The zero-order valence-electron chi connectivity index (χ0n) is 9.70. The number of thiophene rings is 1. The highest BCUT2D eigenvalue weighted by Crippen LogP contribution is 2.21. The van der Waals surface area contributed by atoms with E-state index >= 15 is 0 Å². The highest BCUT2D eigenvalue weighted by Gasteiger charge is 2.15. The van der Waals surface area contributed by atoms with Gasteiger partial charge in [0.1, 0.15) is 16.4 Å². The van der Waals surface area contributed by atoms with Gasteiger partial charge in [0.05, 0.1) is 0 Å². The molecule has 2 aromatic heterocycles. The molecule has 0 bridgehead atoms. The maximum absolute atomic E-state index is 11.9. The summed E-state index contributed by atoms with van der Waals surface area (Å²) in [5.74, 6) is 0.725. The lowest BCUT2D eigenvalue weighted by Gasteiger charge is -2.04. The molecule has 0 saturated heterocycles. The molecule has 0 radical (unpaired) electrons. The van der Waals surface area contributed by atoms with Crippen molar-refractivity contribution in [1.29, 1.82) is 0 Å². The van der Waals surface area contributed by atoms with Crippen molar-refractivity contribution in [3.8, 4) is 0 Å². The van der Waals surface area contributed by atoms with Crippen LogP contribution >= 0.6 is 11.3 Å². The second-order valence-electron chi connectivity index (χ2n) is 3.70. The summed E-state index contributed by atoms with van der Waals surface area (Å²) < 4.78 is 28.2. The molecule has 0 aliphatic carbocycles. The Labute approximate surface area is 109 Å². The standard InChI is InChI=1S/C9H13N5O2S2/c1-14-6-11-13-8(14)2-3-12-18(15,16)9-4-7(10)5-17-9/h4-6,12H,2-3,10H2,1H3. The number of nitrogens with zero attached hydrogens (tertiary/aromatic N) is 3. The Bertz CT molecular complexity index is 631. The van der Waals surface area contributed by atoms with Gasteiger partial charge in [0.25, 0.3) is 0 Å². The molecule has 0 aromatic carbocycles. The van der Waals surface area contributed by atoms with Crippen molar-refractivity contribution in [2.75, 3.05) is 12.3 Å². The Balaban J connectivity index is 1.96. The Kier molecular flexibility index (Phi) is 3.64. The van der Waals surface area contributed by atoms with Crippen LogP contribution in [-0.4, -0.2) is 29.7 Å². The van der Waals surface area contributed by atoms with Gasteiger partial charge in [-0.3, -0.25) is 0 Å². The number of rotatable bonds is 5. The topological polar surface area (TPSA) is 103 Å². The molecule has 0 atom stereocenters. The largest absolute Gasteiger partial charge is 0.398 e. The monoisotopic (exact) mass is 287 g/mol. The molecule has 0 aliphatic rings. The number of aromatic nitrogens is 3. The van der Waals surface area contributed by atoms with E-state index in [9.17, 15) is 8.42 Å². The van der Waals surface area contributed by atoms with Crippen molar-refractivity contribution in [1.82, 2.24) is 19.5 Å². The van der Waals surface area contributed by atoms with Crippen LogP contribution in [0.1, 0.15) is 5.82 Å². The molecule has 2 aromatic rings. The molecular weight excluding hydrogens is 274 g/mol. The van der Waals surface area contributed by atoms with Crippen LogP contribution < -0.4 is 10.5 Å². The second-order valence-corrected chi connectivity index (χ2v) is 6.61. The Morgan fingerprint density at radius 3 is 2.89 bits per heavy atom. The number of aryl methyl sites for hydroxylation is 1. The lowest BCUT2D eigenvalue weighted by Crippen LogP contribution is -2.26. The van der Waals surface area contributed by atoms with E-state index < -0.39 is 10.0 Å². The minimum absolute atomic E-state index is 0.220. The first kappa shape index (κ1) is 13.0. The van der Waals surface area contributed by atoms with Gasteiger partial charge >= 0.3 is 0 Å². The summed E-state index contributed by atoms with van der Waals surface area (Å²) in [6.45, 7) is 0.271. The van der Waals surface area contributed by atoms with Crippen molar-refractivity contribution in [3.05, 3.63) is 23.6 Å². The summed E-state index contributed by atoms with van der Waals surface area (Å²) >= 11 is 1.10. The van der Waals surface area contributed by atoms with Crippen LogP contribution in [0.5, 0.6) is 0 Å². The first-order chi connectivity index (χ1) is 8.49. The number of hydrogen-bond donors (Lipinski definition) is 2. The molecular formula is C9H13N5O2S2. The molecule has 0 spiro atoms. The minimum Gasteiger partial charge on any atom is -0.398 e. The van der Waals surface area contributed by atoms with Crippen LogP contribution in [0.25, 0.3) is 0 Å². The predicted molar refractivity (Wildman–Crippen MR) is 68.6 cm³/mol. The van der Waals surface area contributed by atoms with E-state index in [1.54, 1.807) is 16.3 Å². The minimum atomic E-state index is -3.47. The summed E-state index contributed by atoms with van der Waals surface area (Å²) in [5.41, 5.74) is 5.95. The van der Waals surface area contributed by atoms with Crippen LogP contribution in [0.4, 0.5) is 5.69 Å². The number of anilines is 1. The summed E-state index contributed by atoms with van der Waals surface area (Å²) in [6.07, 6.45) is 2.06. The highest BCUT2D eigenvalue weighted by atomic mass is 32.2. The van der Waals surface area contributed by atoms with Crippen molar-refractivity contribution >= 4 is 27.0 Å². The average Bonchev–Trinajstić information content (AvgIpc) is 2.89. The first-order valence-corrected chi connectivity index (χ1v) is 7.52. The van der Waals surface area contributed by atoms with Gasteiger partial charge in [0.2, 0.25) is 10.0 Å². The number of nitrogen functional groups attached to an aromatic ring is 1. The third kappa shape index (κ3) is 2.86. The van der Waals surface area contributed by atoms with Crippen LogP contribution in [0.2, 0.25) is 0 Å². The zero-order chi connectivity index (χ0) is 13.2. The van der Waals surface area contributed by atoms with Gasteiger partial charge in [-0.1, -0.05) is 0 Å². The van der Waals surface area contributed by atoms with Crippen molar-refractivity contribution in [3.63, 3.8) is 0 Å². The molecule has 0 amide bonds. The smallest absolute Gasteiger partial charge is 0.250 e. The molecule has 7 nitrogen and oxygen atoms in total. The molecule has 3 N–H and O–H groups in total. The molecule has 18 heavy (non-hydrogen) atoms. The number of sulfonamides is 1. The number of nitrogens with one attached hydrogen (secondary N) is 1. The van der Waals surface area contributed by atoms with E-state index in [-0.39, 0.29) is 10.8 Å². The summed E-state index contributed by atoms with van der Waals surface area (Å²) in [5, 5.41) is 9.19. The van der Waals surface area contributed by atoms with Crippen molar-refractivity contribution in [2.45, 2.75) is 10.6 Å². The van der Waals surface area contributed by atoms with Crippen molar-refractivity contribution < 1.29 is 8.42 Å². The van der Waals surface area contributed by atoms with Gasteiger partial charge in [-0.05, 0) is 6.07 Å². The van der Waals surface area contributed by atoms with E-state index in [1.165, 1.54) is 6.07 Å². The number of nitrogens with two attached hydrogens (primary N) is 1. The van der Waals surface area contributed by atoms with E-state index in [0.29, 0.717) is 12.1 Å². The quantitative estimate of drug-likeness (QED) is 0.804. The van der Waals surface area contributed by atoms with Gasteiger partial charge in [-0.15, -0.1) is 21.5 Å². The van der Waals surface area contributed by atoms with Crippen LogP contribution in [0.15, 0.2) is 22.0 Å². The van der Waals surface area contributed by atoms with Crippen molar-refractivity contribution in [2.24, 2.45) is 7.05 Å². The maximum atomic E-state index is 11.9. The Hall–Kier alpha value is -1.45. The van der Waals surface area contributed by atoms with Crippen LogP contribution in [-0.2, 0) is 23.5 Å². The summed E-state index contributed by atoms with van der Waals surface area (Å²) in [7, 11) is -1.67. The van der Waals surface area contributed by atoms with Crippen LogP contribution in [0, 0.1) is 0 Å². The summed E-state index contributed by atoms with van der Waals surface area (Å²) in [6, 6.07) is 1.44. The number of hydrogen-bond acceptors (Lipinski definition) is 6. The Morgan fingerprint density at radius 2 is 2.33 bits per heavy atom. The molecule has 0 fully saturated rings. The zero-order valence-corrected chi connectivity index (χ0v) is 11.3. The molecule has 98 valence electrons. The molecule has 2 heterocycles. The van der Waals surface area contributed by atoms with Gasteiger partial charge in [0.15, 0.2) is 0 Å². The third-order valence-corrected chi connectivity index (χ3v) is 5.23. The van der Waals surface area contributed by atoms with Gasteiger partial charge in [-0.25, -0.2) is 13.1 Å². The van der Waals surface area contributed by atoms with Gasteiger partial charge in [0, 0.05) is 31.1 Å². The fourth-order valence-corrected chi connectivity index (χ4v) is 3.53. The van der Waals surface area contributed by atoms with Gasteiger partial charge in [-0.2, -0.15) is 0 Å². The third-order valence-electron chi connectivity index (χ3n) is 2.31. The average molecular weight is 287 g/mol. The van der Waals surface area contributed by atoms with E-state index in [1.807, 2.05) is 7.05 Å². The SMILES string of the molecule is Cn1cnnc1CCNS(=O)(=O)c1cc(N)cs1. The molecule has 0 unspecified atom stereocenters. The first-order valence-electron chi connectivity index (χ1n) is 5.15. The Morgan fingerprint density at radius 1 is 1.56 bits per heavy atom. The lowest BCUT2D eigenvalue weighted by atomic mass is 10.4. The lowest BCUT2D eigenvalue weighted by molar-refractivity contribution is 0.582. The molecule has 2 rings (SSSR count). The molecule has 0 saturated carbocycles. The predicted octanol–water partition coefficient (Wildman–Crippen LogP) is -0.0202. The normalized spacial score (nSPS) is 11.8. The molecule has 0 aliphatic heterocycles. The second kappa shape index (κ2) is 5.04. The van der Waals surface area contributed by atoms with E-state index in [4.69, 9.17) is 5.73 Å².